The number of benzene rings is 1. The van der Waals surface area contributed by atoms with Crippen molar-refractivity contribution in [1.82, 2.24) is 0 Å². The standard InChI is InChI=1S/C10H11Br/c1-3-9-4-6-10(7-5-9)8(2)11/h3-8H,1H2,2H3. The Morgan fingerprint density at radius 1 is 1.36 bits per heavy atom. The van der Waals surface area contributed by atoms with E-state index in [-0.39, 0.29) is 0 Å². The highest BCUT2D eigenvalue weighted by Gasteiger charge is 1.97. The van der Waals surface area contributed by atoms with Crippen LogP contribution in [-0.4, -0.2) is 0 Å². The third kappa shape index (κ3) is 2.19. The Balaban J connectivity index is 2.91. The quantitative estimate of drug-likeness (QED) is 0.653. The van der Waals surface area contributed by atoms with Crippen molar-refractivity contribution >= 4 is 22.0 Å². The first-order valence-electron chi connectivity index (χ1n) is 3.60. The van der Waals surface area contributed by atoms with Gasteiger partial charge in [-0.05, 0) is 18.1 Å². The Morgan fingerprint density at radius 2 is 1.91 bits per heavy atom. The Labute approximate surface area is 76.1 Å². The first kappa shape index (κ1) is 8.54. The number of rotatable bonds is 2. The molecule has 0 nitrogen and oxygen atoms in total. The summed E-state index contributed by atoms with van der Waals surface area (Å²) in [7, 11) is 0. The van der Waals surface area contributed by atoms with Crippen molar-refractivity contribution < 1.29 is 0 Å². The molecule has 0 amide bonds. The lowest BCUT2D eigenvalue weighted by Gasteiger charge is -2.02. The van der Waals surface area contributed by atoms with Gasteiger partial charge in [-0.25, -0.2) is 0 Å². The van der Waals surface area contributed by atoms with Gasteiger partial charge in [0, 0.05) is 4.83 Å². The highest BCUT2D eigenvalue weighted by Crippen LogP contribution is 2.21. The minimum Gasteiger partial charge on any atom is -0.0985 e. The number of halogens is 1. The summed E-state index contributed by atoms with van der Waals surface area (Å²) >= 11 is 3.50. The highest BCUT2D eigenvalue weighted by molar-refractivity contribution is 9.09. The minimum absolute atomic E-state index is 0.432. The van der Waals surface area contributed by atoms with Crippen molar-refractivity contribution in [2.75, 3.05) is 0 Å². The van der Waals surface area contributed by atoms with Crippen molar-refractivity contribution in [3.63, 3.8) is 0 Å². The van der Waals surface area contributed by atoms with Crippen molar-refractivity contribution in [3.8, 4) is 0 Å². The zero-order chi connectivity index (χ0) is 8.27. The molecule has 0 N–H and O–H groups in total. The molecule has 58 valence electrons. The van der Waals surface area contributed by atoms with Gasteiger partial charge in [0.15, 0.2) is 0 Å². The first-order chi connectivity index (χ1) is 5.24. The molecule has 0 aliphatic rings. The van der Waals surface area contributed by atoms with Crippen molar-refractivity contribution in [1.29, 1.82) is 0 Å². The Bertz CT molecular complexity index is 234. The summed E-state index contributed by atoms with van der Waals surface area (Å²) in [5.41, 5.74) is 2.47. The van der Waals surface area contributed by atoms with Crippen molar-refractivity contribution in [2.24, 2.45) is 0 Å². The minimum atomic E-state index is 0.432. The van der Waals surface area contributed by atoms with E-state index in [1.54, 1.807) is 0 Å². The van der Waals surface area contributed by atoms with E-state index >= 15 is 0 Å². The molecule has 1 aromatic carbocycles. The fraction of sp³-hybridized carbons (Fsp3) is 0.200. The predicted molar refractivity (Wildman–Crippen MR) is 53.9 cm³/mol. The second-order valence-corrected chi connectivity index (χ2v) is 3.86. The third-order valence-electron chi connectivity index (χ3n) is 1.63. The van der Waals surface area contributed by atoms with Gasteiger partial charge in [0.05, 0.1) is 0 Å². The van der Waals surface area contributed by atoms with E-state index in [0.717, 1.165) is 0 Å². The van der Waals surface area contributed by atoms with Crippen LogP contribution in [0.15, 0.2) is 30.8 Å². The van der Waals surface area contributed by atoms with Crippen LogP contribution in [0.1, 0.15) is 22.9 Å². The molecule has 1 heteroatoms. The van der Waals surface area contributed by atoms with E-state index in [4.69, 9.17) is 0 Å². The SMILES string of the molecule is C=Cc1ccc(C(C)Br)cc1. The summed E-state index contributed by atoms with van der Waals surface area (Å²) in [6, 6.07) is 8.35. The summed E-state index contributed by atoms with van der Waals surface area (Å²) in [4.78, 5) is 0.432. The monoisotopic (exact) mass is 210 g/mol. The maximum atomic E-state index is 3.69. The molecule has 0 radical (unpaired) electrons. The van der Waals surface area contributed by atoms with Gasteiger partial charge in [-0.15, -0.1) is 0 Å². The molecule has 0 aliphatic heterocycles. The molecule has 1 atom stereocenters. The van der Waals surface area contributed by atoms with Gasteiger partial charge >= 0.3 is 0 Å². The number of hydrogen-bond donors (Lipinski definition) is 0. The molecule has 0 fully saturated rings. The molecule has 0 bridgehead atoms. The lowest BCUT2D eigenvalue weighted by Crippen LogP contribution is -1.82. The van der Waals surface area contributed by atoms with Crippen LogP contribution in [0.25, 0.3) is 6.08 Å². The van der Waals surface area contributed by atoms with Gasteiger partial charge < -0.3 is 0 Å². The largest absolute Gasteiger partial charge is 0.0985 e. The number of alkyl halides is 1. The van der Waals surface area contributed by atoms with Crippen LogP contribution in [0.4, 0.5) is 0 Å². The van der Waals surface area contributed by atoms with Crippen LogP contribution in [0.5, 0.6) is 0 Å². The summed E-state index contributed by atoms with van der Waals surface area (Å²) in [5, 5.41) is 0. The molecule has 0 aromatic heterocycles. The van der Waals surface area contributed by atoms with E-state index in [0.29, 0.717) is 4.83 Å². The molecule has 0 aliphatic carbocycles. The summed E-state index contributed by atoms with van der Waals surface area (Å²) in [5.74, 6) is 0. The Hall–Kier alpha value is -0.560. The number of hydrogen-bond acceptors (Lipinski definition) is 0. The average Bonchev–Trinajstić information content (AvgIpc) is 2.05. The second kappa shape index (κ2) is 3.72. The van der Waals surface area contributed by atoms with Crippen molar-refractivity contribution in [2.45, 2.75) is 11.8 Å². The van der Waals surface area contributed by atoms with Gasteiger partial charge in [0.2, 0.25) is 0 Å². The molecule has 1 rings (SSSR count). The fourth-order valence-electron chi connectivity index (χ4n) is 0.897. The molecular weight excluding hydrogens is 200 g/mol. The molecule has 1 unspecified atom stereocenters. The van der Waals surface area contributed by atoms with E-state index in [1.807, 2.05) is 6.08 Å². The first-order valence-corrected chi connectivity index (χ1v) is 4.52. The molecule has 0 spiro atoms. The average molecular weight is 211 g/mol. The van der Waals surface area contributed by atoms with Gasteiger partial charge in [-0.3, -0.25) is 0 Å². The zero-order valence-electron chi connectivity index (χ0n) is 6.55. The maximum absolute atomic E-state index is 3.69. The summed E-state index contributed by atoms with van der Waals surface area (Å²) in [6.07, 6.45) is 1.85. The van der Waals surface area contributed by atoms with E-state index in [1.165, 1.54) is 11.1 Å². The lowest BCUT2D eigenvalue weighted by atomic mass is 10.1. The normalized spacial score (nSPS) is 12.5. The van der Waals surface area contributed by atoms with Crippen LogP contribution in [0.3, 0.4) is 0 Å². The fourth-order valence-corrected chi connectivity index (χ4v) is 1.20. The van der Waals surface area contributed by atoms with Crippen LogP contribution in [0, 0.1) is 0 Å². The smallest absolute Gasteiger partial charge is 0.0367 e. The predicted octanol–water partition coefficient (Wildman–Crippen LogP) is 3.79. The van der Waals surface area contributed by atoms with Crippen LogP contribution < -0.4 is 0 Å². The molecular formula is C10H11Br. The highest BCUT2D eigenvalue weighted by atomic mass is 79.9. The second-order valence-electron chi connectivity index (χ2n) is 2.49. The van der Waals surface area contributed by atoms with E-state index in [2.05, 4.69) is 53.7 Å². The molecule has 0 heterocycles. The van der Waals surface area contributed by atoms with Gasteiger partial charge in [-0.1, -0.05) is 52.9 Å². The molecule has 0 saturated carbocycles. The van der Waals surface area contributed by atoms with E-state index in [9.17, 15) is 0 Å². The maximum Gasteiger partial charge on any atom is 0.0367 e. The van der Waals surface area contributed by atoms with Gasteiger partial charge in [0.1, 0.15) is 0 Å². The summed E-state index contributed by atoms with van der Waals surface area (Å²) < 4.78 is 0. The Morgan fingerprint density at radius 3 is 2.27 bits per heavy atom. The molecule has 0 saturated heterocycles. The Kier molecular flexibility index (Phi) is 2.89. The van der Waals surface area contributed by atoms with Crippen LogP contribution in [0.2, 0.25) is 0 Å². The summed E-state index contributed by atoms with van der Waals surface area (Å²) in [6.45, 7) is 5.81. The van der Waals surface area contributed by atoms with Gasteiger partial charge in [-0.2, -0.15) is 0 Å². The third-order valence-corrected chi connectivity index (χ3v) is 2.16. The van der Waals surface area contributed by atoms with Crippen LogP contribution >= 0.6 is 15.9 Å². The van der Waals surface area contributed by atoms with Crippen molar-refractivity contribution in [3.05, 3.63) is 42.0 Å². The topological polar surface area (TPSA) is 0 Å². The molecule has 1 aromatic rings. The zero-order valence-corrected chi connectivity index (χ0v) is 8.14. The van der Waals surface area contributed by atoms with E-state index < -0.39 is 0 Å². The molecule has 11 heavy (non-hydrogen) atoms. The lowest BCUT2D eigenvalue weighted by molar-refractivity contribution is 1.12. The van der Waals surface area contributed by atoms with Gasteiger partial charge in [0.25, 0.3) is 0 Å². The van der Waals surface area contributed by atoms with Crippen LogP contribution in [-0.2, 0) is 0 Å².